The summed E-state index contributed by atoms with van der Waals surface area (Å²) >= 11 is 5.30. The second kappa shape index (κ2) is 8.02. The Labute approximate surface area is 140 Å². The molecule has 2 nitrogen and oxygen atoms in total. The van der Waals surface area contributed by atoms with Crippen molar-refractivity contribution in [2.75, 3.05) is 5.32 Å². The first-order valence-corrected chi connectivity index (χ1v) is 7.94. The van der Waals surface area contributed by atoms with Crippen LogP contribution >= 0.6 is 12.2 Å². The van der Waals surface area contributed by atoms with E-state index < -0.39 is 11.6 Å². The Bertz CT molecular complexity index is 659. The van der Waals surface area contributed by atoms with Crippen LogP contribution in [0.5, 0.6) is 0 Å². The number of anilines is 1. The molecular weight excluding hydrogens is 314 g/mol. The summed E-state index contributed by atoms with van der Waals surface area (Å²) in [4.78, 5) is 0. The lowest BCUT2D eigenvalue weighted by Crippen LogP contribution is -2.33. The van der Waals surface area contributed by atoms with Gasteiger partial charge in [-0.05, 0) is 42.3 Å². The van der Waals surface area contributed by atoms with Gasteiger partial charge in [-0.15, -0.1) is 0 Å². The average molecular weight is 334 g/mol. The van der Waals surface area contributed by atoms with Gasteiger partial charge in [0.25, 0.3) is 0 Å². The van der Waals surface area contributed by atoms with Crippen LogP contribution in [0, 0.1) is 17.6 Å². The first-order chi connectivity index (χ1) is 11.0. The van der Waals surface area contributed by atoms with Gasteiger partial charge >= 0.3 is 0 Å². The van der Waals surface area contributed by atoms with Gasteiger partial charge in [0.2, 0.25) is 0 Å². The van der Waals surface area contributed by atoms with Gasteiger partial charge in [0.1, 0.15) is 0 Å². The Morgan fingerprint density at radius 3 is 2.35 bits per heavy atom. The Kier molecular flexibility index (Phi) is 6.04. The standard InChI is InChI=1S/C18H20F2N2S/c1-12(2)10-17(13-6-4-3-5-7-13)22-18(23)21-14-8-9-15(19)16(20)11-14/h3-9,11-12,17H,10H2,1-2H3,(H2,21,22,23)/t17-/m1/s1. The van der Waals surface area contributed by atoms with Crippen molar-refractivity contribution in [3.8, 4) is 0 Å². The highest BCUT2D eigenvalue weighted by molar-refractivity contribution is 7.80. The molecule has 0 saturated heterocycles. The molecule has 0 radical (unpaired) electrons. The molecule has 0 heterocycles. The first kappa shape index (κ1) is 17.3. The molecule has 23 heavy (non-hydrogen) atoms. The molecule has 5 heteroatoms. The van der Waals surface area contributed by atoms with Crippen LogP contribution in [-0.2, 0) is 0 Å². The number of hydrogen-bond donors (Lipinski definition) is 2. The van der Waals surface area contributed by atoms with Crippen molar-refractivity contribution in [1.29, 1.82) is 0 Å². The molecule has 0 unspecified atom stereocenters. The van der Waals surface area contributed by atoms with E-state index in [1.165, 1.54) is 6.07 Å². The zero-order valence-electron chi connectivity index (χ0n) is 13.1. The summed E-state index contributed by atoms with van der Waals surface area (Å²) in [6.45, 7) is 4.28. The number of benzene rings is 2. The molecule has 2 N–H and O–H groups in total. The number of nitrogens with one attached hydrogen (secondary N) is 2. The van der Waals surface area contributed by atoms with Gasteiger partial charge in [-0.3, -0.25) is 0 Å². The van der Waals surface area contributed by atoms with E-state index >= 15 is 0 Å². The van der Waals surface area contributed by atoms with Crippen molar-refractivity contribution in [2.45, 2.75) is 26.3 Å². The number of halogens is 2. The van der Waals surface area contributed by atoms with Gasteiger partial charge < -0.3 is 10.6 Å². The van der Waals surface area contributed by atoms with Crippen LogP contribution < -0.4 is 10.6 Å². The van der Waals surface area contributed by atoms with Gasteiger partial charge in [-0.2, -0.15) is 0 Å². The highest BCUT2D eigenvalue weighted by Crippen LogP contribution is 2.21. The van der Waals surface area contributed by atoms with E-state index in [0.717, 1.165) is 24.1 Å². The van der Waals surface area contributed by atoms with Crippen molar-refractivity contribution in [1.82, 2.24) is 5.32 Å². The van der Waals surface area contributed by atoms with Crippen molar-refractivity contribution in [3.63, 3.8) is 0 Å². The van der Waals surface area contributed by atoms with Crippen LogP contribution in [0.25, 0.3) is 0 Å². The zero-order chi connectivity index (χ0) is 16.8. The highest BCUT2D eigenvalue weighted by Gasteiger charge is 2.14. The minimum Gasteiger partial charge on any atom is -0.356 e. The number of thiocarbonyl (C=S) groups is 1. The summed E-state index contributed by atoms with van der Waals surface area (Å²) in [5, 5.41) is 6.53. The molecule has 0 aromatic heterocycles. The minimum absolute atomic E-state index is 0.0569. The van der Waals surface area contributed by atoms with Crippen LogP contribution in [0.2, 0.25) is 0 Å². The fourth-order valence-electron chi connectivity index (χ4n) is 2.33. The summed E-state index contributed by atoms with van der Waals surface area (Å²) in [6.07, 6.45) is 0.906. The molecule has 2 rings (SSSR count). The predicted molar refractivity (Wildman–Crippen MR) is 94.4 cm³/mol. The third-order valence-electron chi connectivity index (χ3n) is 3.39. The van der Waals surface area contributed by atoms with Crippen LogP contribution in [0.4, 0.5) is 14.5 Å². The molecule has 2 aromatic rings. The zero-order valence-corrected chi connectivity index (χ0v) is 14.0. The lowest BCUT2D eigenvalue weighted by Gasteiger charge is -2.23. The van der Waals surface area contributed by atoms with E-state index in [1.807, 2.05) is 30.3 Å². The van der Waals surface area contributed by atoms with Crippen molar-refractivity contribution >= 4 is 23.0 Å². The van der Waals surface area contributed by atoms with Crippen molar-refractivity contribution in [3.05, 3.63) is 65.7 Å². The summed E-state index contributed by atoms with van der Waals surface area (Å²) in [6, 6.07) is 13.7. The van der Waals surface area contributed by atoms with Gasteiger partial charge in [0.05, 0.1) is 6.04 Å². The Morgan fingerprint density at radius 2 is 1.74 bits per heavy atom. The molecule has 0 aliphatic carbocycles. The Hall–Kier alpha value is -2.01. The molecule has 0 amide bonds. The lowest BCUT2D eigenvalue weighted by atomic mass is 9.97. The minimum atomic E-state index is -0.903. The van der Waals surface area contributed by atoms with Gasteiger partial charge in [0, 0.05) is 11.8 Å². The van der Waals surface area contributed by atoms with Gasteiger partial charge in [0.15, 0.2) is 16.7 Å². The quantitative estimate of drug-likeness (QED) is 0.749. The highest BCUT2D eigenvalue weighted by atomic mass is 32.1. The van der Waals surface area contributed by atoms with E-state index in [9.17, 15) is 8.78 Å². The Morgan fingerprint density at radius 1 is 1.04 bits per heavy atom. The van der Waals surface area contributed by atoms with Crippen molar-refractivity contribution < 1.29 is 8.78 Å². The third kappa shape index (κ3) is 5.28. The maximum Gasteiger partial charge on any atom is 0.171 e. The maximum absolute atomic E-state index is 13.3. The lowest BCUT2D eigenvalue weighted by molar-refractivity contribution is 0.481. The van der Waals surface area contributed by atoms with Gasteiger partial charge in [-0.25, -0.2) is 8.78 Å². The number of rotatable bonds is 5. The molecule has 0 aliphatic heterocycles. The molecule has 0 bridgehead atoms. The van der Waals surface area contributed by atoms with Crippen LogP contribution in [-0.4, -0.2) is 5.11 Å². The second-order valence-electron chi connectivity index (χ2n) is 5.82. The van der Waals surface area contributed by atoms with E-state index in [4.69, 9.17) is 12.2 Å². The van der Waals surface area contributed by atoms with Crippen LogP contribution in [0.3, 0.4) is 0 Å². The van der Waals surface area contributed by atoms with Crippen molar-refractivity contribution in [2.24, 2.45) is 5.92 Å². The average Bonchev–Trinajstić information content (AvgIpc) is 2.51. The maximum atomic E-state index is 13.3. The van der Waals surface area contributed by atoms with Gasteiger partial charge in [-0.1, -0.05) is 44.2 Å². The summed E-state index contributed by atoms with van der Waals surface area (Å²) in [5.74, 6) is -1.30. The SMILES string of the molecule is CC(C)C[C@@H](NC(=S)Nc1ccc(F)c(F)c1)c1ccccc1. The first-order valence-electron chi connectivity index (χ1n) is 7.53. The third-order valence-corrected chi connectivity index (χ3v) is 3.61. The molecule has 2 aromatic carbocycles. The van der Waals surface area contributed by atoms with E-state index in [0.29, 0.717) is 16.7 Å². The molecule has 0 spiro atoms. The van der Waals surface area contributed by atoms with E-state index in [1.54, 1.807) is 0 Å². The largest absolute Gasteiger partial charge is 0.356 e. The molecule has 0 saturated carbocycles. The monoisotopic (exact) mass is 334 g/mol. The molecule has 0 fully saturated rings. The fraction of sp³-hybridized carbons (Fsp3) is 0.278. The number of hydrogen-bond acceptors (Lipinski definition) is 1. The molecule has 0 aliphatic rings. The van der Waals surface area contributed by atoms with Crippen LogP contribution in [0.15, 0.2) is 48.5 Å². The molecule has 1 atom stereocenters. The molecular formula is C18H20F2N2S. The van der Waals surface area contributed by atoms with E-state index in [2.05, 4.69) is 24.5 Å². The smallest absolute Gasteiger partial charge is 0.171 e. The predicted octanol–water partition coefficient (Wildman–Crippen LogP) is 5.04. The topological polar surface area (TPSA) is 24.1 Å². The molecule has 122 valence electrons. The van der Waals surface area contributed by atoms with Crippen LogP contribution in [0.1, 0.15) is 31.9 Å². The summed E-state index contributed by atoms with van der Waals surface area (Å²) < 4.78 is 26.2. The Balaban J connectivity index is 2.06. The fourth-order valence-corrected chi connectivity index (χ4v) is 2.59. The normalized spacial score (nSPS) is 12.0. The second-order valence-corrected chi connectivity index (χ2v) is 6.23. The summed E-state index contributed by atoms with van der Waals surface area (Å²) in [5.41, 5.74) is 1.55. The summed E-state index contributed by atoms with van der Waals surface area (Å²) in [7, 11) is 0. The van der Waals surface area contributed by atoms with E-state index in [-0.39, 0.29) is 6.04 Å².